The van der Waals surface area contributed by atoms with Crippen molar-refractivity contribution < 1.29 is 4.79 Å². The molecule has 0 atom stereocenters. The van der Waals surface area contributed by atoms with Crippen LogP contribution in [0.25, 0.3) is 0 Å². The summed E-state index contributed by atoms with van der Waals surface area (Å²) in [6.45, 7) is 4.03. The summed E-state index contributed by atoms with van der Waals surface area (Å²) < 4.78 is 0. The van der Waals surface area contributed by atoms with Gasteiger partial charge in [-0.25, -0.2) is 0 Å². The molecule has 0 aliphatic heterocycles. The van der Waals surface area contributed by atoms with Crippen molar-refractivity contribution in [3.8, 4) is 0 Å². The second kappa shape index (κ2) is 5.40. The van der Waals surface area contributed by atoms with Crippen molar-refractivity contribution in [2.45, 2.75) is 18.7 Å². The van der Waals surface area contributed by atoms with Crippen molar-refractivity contribution in [3.63, 3.8) is 0 Å². The van der Waals surface area contributed by atoms with Gasteiger partial charge in [0.05, 0.1) is 0 Å². The van der Waals surface area contributed by atoms with Crippen LogP contribution in [0.4, 0.5) is 0 Å². The maximum atomic E-state index is 12.5. The van der Waals surface area contributed by atoms with Gasteiger partial charge in [0, 0.05) is 16.0 Å². The Morgan fingerprint density at radius 3 is 2.50 bits per heavy atom. The van der Waals surface area contributed by atoms with Crippen LogP contribution >= 0.6 is 11.8 Å². The second-order valence-electron chi connectivity index (χ2n) is 4.31. The van der Waals surface area contributed by atoms with Crippen LogP contribution in [0.2, 0.25) is 0 Å². The molecule has 0 aliphatic rings. The zero-order valence-electron chi connectivity index (χ0n) is 10.9. The van der Waals surface area contributed by atoms with Crippen molar-refractivity contribution in [2.24, 2.45) is 0 Å². The van der Waals surface area contributed by atoms with E-state index in [0.717, 1.165) is 27.1 Å². The van der Waals surface area contributed by atoms with E-state index < -0.39 is 0 Å². The van der Waals surface area contributed by atoms with Crippen LogP contribution < -0.4 is 0 Å². The van der Waals surface area contributed by atoms with Crippen LogP contribution in [0, 0.1) is 13.8 Å². The highest BCUT2D eigenvalue weighted by Crippen LogP contribution is 2.20. The van der Waals surface area contributed by atoms with Gasteiger partial charge in [-0.05, 0) is 43.4 Å². The van der Waals surface area contributed by atoms with Gasteiger partial charge in [0.15, 0.2) is 5.78 Å². The summed E-state index contributed by atoms with van der Waals surface area (Å²) in [5.41, 5.74) is 3.78. The molecule has 0 heterocycles. The van der Waals surface area contributed by atoms with Gasteiger partial charge >= 0.3 is 0 Å². The second-order valence-corrected chi connectivity index (χ2v) is 5.19. The molecule has 18 heavy (non-hydrogen) atoms. The molecule has 0 amide bonds. The minimum atomic E-state index is 0.104. The Bertz CT molecular complexity index is 587. The molecule has 1 nitrogen and oxygen atoms in total. The number of thioether (sulfide) groups is 1. The van der Waals surface area contributed by atoms with E-state index in [-0.39, 0.29) is 5.78 Å². The van der Waals surface area contributed by atoms with E-state index >= 15 is 0 Å². The van der Waals surface area contributed by atoms with Crippen LogP contribution in [-0.2, 0) is 0 Å². The number of ketones is 1. The molecular formula is C16H16OS. The fraction of sp³-hybridized carbons (Fsp3) is 0.188. The number of carbonyl (C=O) groups is 1. The molecule has 0 radical (unpaired) electrons. The van der Waals surface area contributed by atoms with E-state index in [4.69, 9.17) is 0 Å². The molecule has 2 rings (SSSR count). The summed E-state index contributed by atoms with van der Waals surface area (Å²) in [4.78, 5) is 13.6. The monoisotopic (exact) mass is 256 g/mol. The number of rotatable bonds is 3. The minimum absolute atomic E-state index is 0.104. The summed E-state index contributed by atoms with van der Waals surface area (Å²) >= 11 is 1.65. The van der Waals surface area contributed by atoms with Gasteiger partial charge in [0.2, 0.25) is 0 Å². The maximum absolute atomic E-state index is 12.5. The Hall–Kier alpha value is -1.54. The van der Waals surface area contributed by atoms with Gasteiger partial charge in [0.25, 0.3) is 0 Å². The van der Waals surface area contributed by atoms with Crippen LogP contribution in [0.1, 0.15) is 27.0 Å². The summed E-state index contributed by atoms with van der Waals surface area (Å²) in [5, 5.41) is 0. The molecule has 0 aliphatic carbocycles. The SMILES string of the molecule is CSc1cccc(C(=O)c2cccc(C)c2C)c1. The lowest BCUT2D eigenvalue weighted by molar-refractivity contribution is 0.103. The molecule has 92 valence electrons. The van der Waals surface area contributed by atoms with E-state index in [2.05, 4.69) is 0 Å². The van der Waals surface area contributed by atoms with Crippen molar-refractivity contribution in [1.82, 2.24) is 0 Å². The van der Waals surface area contributed by atoms with Crippen molar-refractivity contribution in [2.75, 3.05) is 6.26 Å². The molecule has 2 aromatic rings. The summed E-state index contributed by atoms with van der Waals surface area (Å²) in [5.74, 6) is 0.104. The lowest BCUT2D eigenvalue weighted by Gasteiger charge is -2.08. The van der Waals surface area contributed by atoms with Crippen molar-refractivity contribution in [1.29, 1.82) is 0 Å². The predicted molar refractivity (Wildman–Crippen MR) is 77.6 cm³/mol. The highest BCUT2D eigenvalue weighted by molar-refractivity contribution is 7.98. The minimum Gasteiger partial charge on any atom is -0.289 e. The lowest BCUT2D eigenvalue weighted by Crippen LogP contribution is -2.04. The van der Waals surface area contributed by atoms with Crippen LogP contribution in [0.3, 0.4) is 0 Å². The van der Waals surface area contributed by atoms with E-state index in [1.54, 1.807) is 11.8 Å². The number of hydrogen-bond donors (Lipinski definition) is 0. The third-order valence-corrected chi connectivity index (χ3v) is 3.91. The quantitative estimate of drug-likeness (QED) is 0.603. The Morgan fingerprint density at radius 2 is 1.78 bits per heavy atom. The highest BCUT2D eigenvalue weighted by Gasteiger charge is 2.12. The first-order chi connectivity index (χ1) is 8.63. The topological polar surface area (TPSA) is 17.1 Å². The van der Waals surface area contributed by atoms with E-state index in [1.165, 1.54) is 0 Å². The number of carbonyl (C=O) groups excluding carboxylic acids is 1. The zero-order chi connectivity index (χ0) is 13.1. The average Bonchev–Trinajstić information content (AvgIpc) is 2.41. The molecule has 2 heteroatoms. The standard InChI is InChI=1S/C16H16OS/c1-11-6-4-9-15(12(11)2)16(17)13-7-5-8-14(10-13)18-3/h4-10H,1-3H3. The van der Waals surface area contributed by atoms with Crippen LogP contribution in [-0.4, -0.2) is 12.0 Å². The van der Waals surface area contributed by atoms with E-state index in [0.29, 0.717) is 0 Å². The van der Waals surface area contributed by atoms with Gasteiger partial charge in [-0.3, -0.25) is 4.79 Å². The van der Waals surface area contributed by atoms with E-state index in [1.807, 2.05) is 62.6 Å². The molecule has 0 aromatic heterocycles. The molecule has 0 spiro atoms. The largest absolute Gasteiger partial charge is 0.289 e. The zero-order valence-corrected chi connectivity index (χ0v) is 11.7. The first kappa shape index (κ1) is 12.9. The molecule has 0 unspecified atom stereocenters. The van der Waals surface area contributed by atoms with Gasteiger partial charge in [-0.1, -0.05) is 30.3 Å². The Balaban J connectivity index is 2.44. The summed E-state index contributed by atoms with van der Waals surface area (Å²) in [6.07, 6.45) is 2.02. The predicted octanol–water partition coefficient (Wildman–Crippen LogP) is 4.26. The molecule has 0 fully saturated rings. The van der Waals surface area contributed by atoms with Gasteiger partial charge in [-0.15, -0.1) is 11.8 Å². The highest BCUT2D eigenvalue weighted by atomic mass is 32.2. The van der Waals surface area contributed by atoms with Gasteiger partial charge in [-0.2, -0.15) is 0 Å². The Kier molecular flexibility index (Phi) is 3.87. The molecule has 0 N–H and O–H groups in total. The van der Waals surface area contributed by atoms with Crippen molar-refractivity contribution in [3.05, 3.63) is 64.7 Å². The smallest absolute Gasteiger partial charge is 0.193 e. The lowest BCUT2D eigenvalue weighted by atomic mass is 9.96. The number of hydrogen-bond acceptors (Lipinski definition) is 2. The molecule has 0 saturated heterocycles. The summed E-state index contributed by atoms with van der Waals surface area (Å²) in [6, 6.07) is 13.7. The molecule has 0 saturated carbocycles. The fourth-order valence-electron chi connectivity index (χ4n) is 1.92. The Labute approximate surface area is 112 Å². The summed E-state index contributed by atoms with van der Waals surface area (Å²) in [7, 11) is 0. The molecule has 0 bridgehead atoms. The van der Waals surface area contributed by atoms with Crippen LogP contribution in [0.15, 0.2) is 47.4 Å². The van der Waals surface area contributed by atoms with Crippen LogP contribution in [0.5, 0.6) is 0 Å². The molecular weight excluding hydrogens is 240 g/mol. The maximum Gasteiger partial charge on any atom is 0.193 e. The van der Waals surface area contributed by atoms with Crippen molar-refractivity contribution >= 4 is 17.5 Å². The third-order valence-electron chi connectivity index (χ3n) is 3.18. The Morgan fingerprint density at radius 1 is 1.06 bits per heavy atom. The first-order valence-corrected chi connectivity index (χ1v) is 7.11. The third kappa shape index (κ3) is 2.49. The fourth-order valence-corrected chi connectivity index (χ4v) is 2.38. The first-order valence-electron chi connectivity index (χ1n) is 5.88. The molecule has 2 aromatic carbocycles. The van der Waals surface area contributed by atoms with Gasteiger partial charge < -0.3 is 0 Å². The van der Waals surface area contributed by atoms with E-state index in [9.17, 15) is 4.79 Å². The van der Waals surface area contributed by atoms with Gasteiger partial charge in [0.1, 0.15) is 0 Å². The number of aryl methyl sites for hydroxylation is 1. The number of benzene rings is 2. The normalized spacial score (nSPS) is 10.4. The average molecular weight is 256 g/mol.